The number of thiophene rings is 1. The average Bonchev–Trinajstić information content (AvgIpc) is 2.92. The fourth-order valence-electron chi connectivity index (χ4n) is 2.63. The Balaban J connectivity index is 1.84. The lowest BCUT2D eigenvalue weighted by molar-refractivity contribution is 0.0697. The maximum absolute atomic E-state index is 10.9. The lowest BCUT2D eigenvalue weighted by atomic mass is 10.1. The number of anilines is 1. The third-order valence-corrected chi connectivity index (χ3v) is 4.99. The van der Waals surface area contributed by atoms with Crippen molar-refractivity contribution in [1.82, 2.24) is 0 Å². The van der Waals surface area contributed by atoms with Gasteiger partial charge in [0.15, 0.2) is 0 Å². The molecule has 0 spiro atoms. The van der Waals surface area contributed by atoms with E-state index in [4.69, 9.17) is 16.7 Å². The molecule has 3 rings (SSSR count). The summed E-state index contributed by atoms with van der Waals surface area (Å²) in [7, 11) is 0. The maximum atomic E-state index is 10.9. The molecule has 20 heavy (non-hydrogen) atoms. The summed E-state index contributed by atoms with van der Waals surface area (Å²) in [4.78, 5) is 12.3. The molecule has 1 aromatic heterocycles. The third-order valence-electron chi connectivity index (χ3n) is 3.65. The maximum Gasteiger partial charge on any atom is 0.335 e. The van der Waals surface area contributed by atoms with Crippen LogP contribution in [0, 0.1) is 6.92 Å². The summed E-state index contributed by atoms with van der Waals surface area (Å²) in [5.74, 6) is -0.896. The quantitative estimate of drug-likeness (QED) is 0.877. The molecule has 0 radical (unpaired) electrons. The van der Waals surface area contributed by atoms with Crippen molar-refractivity contribution in [2.75, 3.05) is 5.32 Å². The molecule has 0 fully saturated rings. The molecule has 1 aliphatic rings. The number of carboxylic acids is 1. The van der Waals surface area contributed by atoms with Crippen LogP contribution >= 0.6 is 22.9 Å². The summed E-state index contributed by atoms with van der Waals surface area (Å²) < 4.78 is 0.833. The third kappa shape index (κ3) is 2.41. The van der Waals surface area contributed by atoms with Gasteiger partial charge in [0.1, 0.15) is 0 Å². The second-order valence-corrected chi connectivity index (χ2v) is 6.77. The lowest BCUT2D eigenvalue weighted by Gasteiger charge is -2.17. The van der Waals surface area contributed by atoms with Crippen LogP contribution in [0.4, 0.5) is 5.69 Å². The molecule has 1 unspecified atom stereocenters. The second kappa shape index (κ2) is 5.11. The van der Waals surface area contributed by atoms with Gasteiger partial charge in [-0.1, -0.05) is 11.6 Å². The van der Waals surface area contributed by atoms with Crippen LogP contribution in [0.15, 0.2) is 24.3 Å². The summed E-state index contributed by atoms with van der Waals surface area (Å²) in [5.41, 5.74) is 3.52. The van der Waals surface area contributed by atoms with Gasteiger partial charge >= 0.3 is 5.97 Å². The Morgan fingerprint density at radius 2 is 2.25 bits per heavy atom. The van der Waals surface area contributed by atoms with Gasteiger partial charge in [0.2, 0.25) is 0 Å². The summed E-state index contributed by atoms with van der Waals surface area (Å²) in [6.45, 7) is 1.92. The van der Waals surface area contributed by atoms with Crippen LogP contribution in [0.1, 0.15) is 38.8 Å². The molecule has 0 aliphatic heterocycles. The van der Waals surface area contributed by atoms with Gasteiger partial charge in [0.25, 0.3) is 0 Å². The SMILES string of the molecule is Cc1cc(C(=O)O)ccc1NC1CCc2sc(Cl)cc21. The number of carboxylic acid groups (broad SMARTS) is 1. The first-order chi connectivity index (χ1) is 9.54. The highest BCUT2D eigenvalue weighted by Crippen LogP contribution is 2.41. The summed E-state index contributed by atoms with van der Waals surface area (Å²) in [6, 6.07) is 7.47. The van der Waals surface area contributed by atoms with Crippen molar-refractivity contribution >= 4 is 34.6 Å². The molecule has 1 heterocycles. The van der Waals surface area contributed by atoms with Crippen LogP contribution in [0.5, 0.6) is 0 Å². The molecule has 2 N–H and O–H groups in total. The molecule has 0 amide bonds. The van der Waals surface area contributed by atoms with E-state index >= 15 is 0 Å². The molecule has 0 saturated heterocycles. The zero-order valence-electron chi connectivity index (χ0n) is 10.9. The van der Waals surface area contributed by atoms with Crippen molar-refractivity contribution in [3.8, 4) is 0 Å². The van der Waals surface area contributed by atoms with Crippen LogP contribution in [-0.2, 0) is 6.42 Å². The minimum atomic E-state index is -0.896. The number of benzene rings is 1. The van der Waals surface area contributed by atoms with Gasteiger partial charge in [-0.2, -0.15) is 0 Å². The van der Waals surface area contributed by atoms with Crippen LogP contribution in [0.3, 0.4) is 0 Å². The van der Waals surface area contributed by atoms with Gasteiger partial charge in [-0.3, -0.25) is 0 Å². The fraction of sp³-hybridized carbons (Fsp3) is 0.267. The van der Waals surface area contributed by atoms with Crippen molar-refractivity contribution in [3.05, 3.63) is 50.2 Å². The Morgan fingerprint density at radius 3 is 2.95 bits per heavy atom. The van der Waals surface area contributed by atoms with E-state index in [0.29, 0.717) is 5.56 Å². The number of carbonyl (C=O) groups is 1. The molecular weight excluding hydrogens is 294 g/mol. The largest absolute Gasteiger partial charge is 0.478 e. The number of hydrogen-bond acceptors (Lipinski definition) is 3. The Bertz CT molecular complexity index is 681. The van der Waals surface area contributed by atoms with E-state index in [-0.39, 0.29) is 6.04 Å². The molecule has 5 heteroatoms. The van der Waals surface area contributed by atoms with Crippen molar-refractivity contribution < 1.29 is 9.90 Å². The molecular formula is C15H14ClNO2S. The van der Waals surface area contributed by atoms with Crippen molar-refractivity contribution in [2.45, 2.75) is 25.8 Å². The minimum Gasteiger partial charge on any atom is -0.478 e. The van der Waals surface area contributed by atoms with Gasteiger partial charge in [0.05, 0.1) is 15.9 Å². The van der Waals surface area contributed by atoms with Gasteiger partial charge in [-0.15, -0.1) is 11.3 Å². The number of rotatable bonds is 3. The molecule has 0 saturated carbocycles. The highest BCUT2D eigenvalue weighted by atomic mass is 35.5. The zero-order valence-corrected chi connectivity index (χ0v) is 12.5. The molecule has 1 atom stereocenters. The standard InChI is InChI=1S/C15H14ClNO2S/c1-8-6-9(15(18)19)2-3-11(8)17-12-4-5-13-10(12)7-14(16)20-13/h2-3,6-7,12,17H,4-5H2,1H3,(H,18,19). The highest BCUT2D eigenvalue weighted by molar-refractivity contribution is 7.16. The van der Waals surface area contributed by atoms with E-state index in [2.05, 4.69) is 5.32 Å². The summed E-state index contributed by atoms with van der Waals surface area (Å²) >= 11 is 7.71. The number of aryl methyl sites for hydroxylation is 2. The molecule has 2 aromatic rings. The van der Waals surface area contributed by atoms with Gasteiger partial charge < -0.3 is 10.4 Å². The molecule has 0 bridgehead atoms. The highest BCUT2D eigenvalue weighted by Gasteiger charge is 2.25. The van der Waals surface area contributed by atoms with E-state index in [1.54, 1.807) is 23.5 Å². The first-order valence-electron chi connectivity index (χ1n) is 6.43. The monoisotopic (exact) mass is 307 g/mol. The van der Waals surface area contributed by atoms with Gasteiger partial charge in [0, 0.05) is 10.6 Å². The molecule has 3 nitrogen and oxygen atoms in total. The molecule has 1 aromatic carbocycles. The van der Waals surface area contributed by atoms with E-state index in [1.807, 2.05) is 19.1 Å². The van der Waals surface area contributed by atoms with E-state index in [9.17, 15) is 4.79 Å². The molecule has 104 valence electrons. The Morgan fingerprint density at radius 1 is 1.45 bits per heavy atom. The normalized spacial score (nSPS) is 17.0. The number of aromatic carboxylic acids is 1. The Kier molecular flexibility index (Phi) is 3.44. The van der Waals surface area contributed by atoms with Crippen LogP contribution in [0.2, 0.25) is 4.34 Å². The smallest absolute Gasteiger partial charge is 0.335 e. The van der Waals surface area contributed by atoms with Crippen molar-refractivity contribution in [2.24, 2.45) is 0 Å². The lowest BCUT2D eigenvalue weighted by Crippen LogP contribution is -2.08. The first-order valence-corrected chi connectivity index (χ1v) is 7.62. The summed E-state index contributed by atoms with van der Waals surface area (Å²) in [6.07, 6.45) is 2.11. The zero-order chi connectivity index (χ0) is 14.3. The minimum absolute atomic E-state index is 0.267. The average molecular weight is 308 g/mol. The van der Waals surface area contributed by atoms with E-state index in [0.717, 1.165) is 28.4 Å². The predicted molar refractivity (Wildman–Crippen MR) is 82.2 cm³/mol. The second-order valence-electron chi connectivity index (χ2n) is 5.00. The van der Waals surface area contributed by atoms with E-state index < -0.39 is 5.97 Å². The van der Waals surface area contributed by atoms with Gasteiger partial charge in [-0.25, -0.2) is 4.79 Å². The number of halogens is 1. The number of fused-ring (bicyclic) bond motifs is 1. The van der Waals surface area contributed by atoms with Crippen molar-refractivity contribution in [1.29, 1.82) is 0 Å². The number of nitrogens with one attached hydrogen (secondary N) is 1. The summed E-state index contributed by atoms with van der Waals surface area (Å²) in [5, 5.41) is 12.5. The van der Waals surface area contributed by atoms with Crippen LogP contribution in [-0.4, -0.2) is 11.1 Å². The van der Waals surface area contributed by atoms with Crippen LogP contribution < -0.4 is 5.32 Å². The number of hydrogen-bond donors (Lipinski definition) is 2. The van der Waals surface area contributed by atoms with Gasteiger partial charge in [-0.05, 0) is 55.2 Å². The molecule has 1 aliphatic carbocycles. The predicted octanol–water partition coefficient (Wildman–Crippen LogP) is 4.51. The first kappa shape index (κ1) is 13.5. The fourth-order valence-corrected chi connectivity index (χ4v) is 3.98. The van der Waals surface area contributed by atoms with Crippen LogP contribution in [0.25, 0.3) is 0 Å². The topological polar surface area (TPSA) is 49.3 Å². The van der Waals surface area contributed by atoms with E-state index in [1.165, 1.54) is 10.4 Å². The van der Waals surface area contributed by atoms with Crippen molar-refractivity contribution in [3.63, 3.8) is 0 Å². The Hall–Kier alpha value is -1.52. The Labute approximate surface area is 126 Å².